The highest BCUT2D eigenvalue weighted by atomic mass is 32.2. The predicted octanol–water partition coefficient (Wildman–Crippen LogP) is 0.370. The summed E-state index contributed by atoms with van der Waals surface area (Å²) in [5, 5.41) is 6.60. The number of nitrogens with one attached hydrogen (secondary N) is 1. The third-order valence-electron chi connectivity index (χ3n) is 4.18. The van der Waals surface area contributed by atoms with E-state index in [1.54, 1.807) is 13.8 Å². The minimum absolute atomic E-state index is 0.0875. The lowest BCUT2D eigenvalue weighted by Gasteiger charge is -2.31. The Balaban J connectivity index is 2.06. The van der Waals surface area contributed by atoms with Crippen LogP contribution in [0.5, 0.6) is 0 Å². The lowest BCUT2D eigenvalue weighted by Crippen LogP contribution is -2.46. The molecule has 136 valence electrons. The van der Waals surface area contributed by atoms with Crippen LogP contribution in [0.25, 0.3) is 0 Å². The van der Waals surface area contributed by atoms with Gasteiger partial charge in [-0.15, -0.1) is 0 Å². The van der Waals surface area contributed by atoms with E-state index in [2.05, 4.69) is 10.5 Å². The molecule has 1 amide bonds. The zero-order chi connectivity index (χ0) is 17.9. The average Bonchev–Trinajstić information content (AvgIpc) is 2.86. The van der Waals surface area contributed by atoms with Crippen LogP contribution in [0.15, 0.2) is 9.42 Å². The van der Waals surface area contributed by atoms with Crippen molar-refractivity contribution in [2.75, 3.05) is 40.3 Å². The number of nitrogens with zero attached hydrogens (tertiary/aromatic N) is 3. The van der Waals surface area contributed by atoms with Crippen LogP contribution in [0.3, 0.4) is 0 Å². The van der Waals surface area contributed by atoms with Gasteiger partial charge in [-0.25, -0.2) is 8.42 Å². The van der Waals surface area contributed by atoms with Gasteiger partial charge in [0.15, 0.2) is 5.76 Å². The molecule has 1 unspecified atom stereocenters. The standard InChI is InChI=1S/C15H26N4O4S/c1-11-14(12(2)23-17-11)24(21,22)19-8-5-6-13(10-19)15(20)16-7-9-18(3)4/h13H,5-10H2,1-4H3,(H,16,20). The summed E-state index contributed by atoms with van der Waals surface area (Å²) in [4.78, 5) is 14.4. The fourth-order valence-corrected chi connectivity index (χ4v) is 4.71. The quantitative estimate of drug-likeness (QED) is 0.789. The molecule has 1 aliphatic heterocycles. The van der Waals surface area contributed by atoms with Crippen LogP contribution in [0.4, 0.5) is 0 Å². The van der Waals surface area contributed by atoms with Crippen LogP contribution < -0.4 is 5.32 Å². The van der Waals surface area contributed by atoms with Crippen molar-refractivity contribution in [2.45, 2.75) is 31.6 Å². The van der Waals surface area contributed by atoms with E-state index in [-0.39, 0.29) is 29.0 Å². The summed E-state index contributed by atoms with van der Waals surface area (Å²) >= 11 is 0. The molecule has 8 nitrogen and oxygen atoms in total. The van der Waals surface area contributed by atoms with Gasteiger partial charge in [-0.3, -0.25) is 4.79 Å². The van der Waals surface area contributed by atoms with Crippen molar-refractivity contribution in [1.82, 2.24) is 19.7 Å². The van der Waals surface area contributed by atoms with Crippen LogP contribution >= 0.6 is 0 Å². The van der Waals surface area contributed by atoms with Gasteiger partial charge in [0.2, 0.25) is 15.9 Å². The molecule has 1 fully saturated rings. The van der Waals surface area contributed by atoms with E-state index in [0.717, 1.165) is 6.54 Å². The normalized spacial score (nSPS) is 19.6. The van der Waals surface area contributed by atoms with Crippen LogP contribution in [0.2, 0.25) is 0 Å². The maximum atomic E-state index is 12.8. The Morgan fingerprint density at radius 2 is 2.12 bits per heavy atom. The maximum absolute atomic E-state index is 12.8. The summed E-state index contributed by atoms with van der Waals surface area (Å²) in [5.41, 5.74) is 0.352. The van der Waals surface area contributed by atoms with Gasteiger partial charge in [0.05, 0.1) is 5.92 Å². The van der Waals surface area contributed by atoms with Crippen LogP contribution in [0.1, 0.15) is 24.3 Å². The van der Waals surface area contributed by atoms with E-state index in [0.29, 0.717) is 31.6 Å². The molecular formula is C15H26N4O4S. The van der Waals surface area contributed by atoms with Crippen molar-refractivity contribution in [3.63, 3.8) is 0 Å². The number of hydrogen-bond acceptors (Lipinski definition) is 6. The van der Waals surface area contributed by atoms with Crippen LogP contribution in [-0.2, 0) is 14.8 Å². The maximum Gasteiger partial charge on any atom is 0.248 e. The third-order valence-corrected chi connectivity index (χ3v) is 6.29. The fraction of sp³-hybridized carbons (Fsp3) is 0.733. The molecule has 2 rings (SSSR count). The number of hydrogen-bond donors (Lipinski definition) is 1. The highest BCUT2D eigenvalue weighted by Gasteiger charge is 2.36. The highest BCUT2D eigenvalue weighted by Crippen LogP contribution is 2.27. The summed E-state index contributed by atoms with van der Waals surface area (Å²) in [6.07, 6.45) is 1.36. The monoisotopic (exact) mass is 358 g/mol. The Labute approximate surface area is 143 Å². The Kier molecular flexibility index (Phi) is 6.00. The molecule has 0 aliphatic carbocycles. The number of carbonyl (C=O) groups is 1. The Morgan fingerprint density at radius 3 is 2.71 bits per heavy atom. The first-order chi connectivity index (χ1) is 11.2. The van der Waals surface area contributed by atoms with Gasteiger partial charge < -0.3 is 14.7 Å². The fourth-order valence-electron chi connectivity index (χ4n) is 2.89. The minimum atomic E-state index is -3.69. The first-order valence-corrected chi connectivity index (χ1v) is 9.53. The number of amides is 1. The number of aromatic nitrogens is 1. The smallest absolute Gasteiger partial charge is 0.248 e. The first kappa shape index (κ1) is 18.9. The van der Waals surface area contributed by atoms with Crippen molar-refractivity contribution in [2.24, 2.45) is 5.92 Å². The molecule has 1 aliphatic rings. The van der Waals surface area contributed by atoms with E-state index in [1.807, 2.05) is 19.0 Å². The molecule has 1 saturated heterocycles. The van der Waals surface area contributed by atoms with Crippen molar-refractivity contribution in [1.29, 1.82) is 0 Å². The zero-order valence-corrected chi connectivity index (χ0v) is 15.5. The van der Waals surface area contributed by atoms with Crippen LogP contribution in [0, 0.1) is 19.8 Å². The summed E-state index contributed by atoms with van der Waals surface area (Å²) < 4.78 is 32.1. The van der Waals surface area contributed by atoms with Crippen molar-refractivity contribution in [3.05, 3.63) is 11.5 Å². The second-order valence-corrected chi connectivity index (χ2v) is 8.32. The van der Waals surface area contributed by atoms with E-state index < -0.39 is 10.0 Å². The summed E-state index contributed by atoms with van der Waals surface area (Å²) in [6.45, 7) is 5.10. The van der Waals surface area contributed by atoms with E-state index in [9.17, 15) is 13.2 Å². The molecule has 0 radical (unpaired) electrons. The molecule has 0 spiro atoms. The van der Waals surface area contributed by atoms with Crippen molar-refractivity contribution < 1.29 is 17.7 Å². The average molecular weight is 358 g/mol. The zero-order valence-electron chi connectivity index (χ0n) is 14.7. The third kappa shape index (κ3) is 4.14. The van der Waals surface area contributed by atoms with Gasteiger partial charge in [0.1, 0.15) is 10.6 Å². The molecule has 2 heterocycles. The molecule has 1 aromatic heterocycles. The molecule has 9 heteroatoms. The molecule has 0 bridgehead atoms. The van der Waals surface area contributed by atoms with E-state index in [1.165, 1.54) is 4.31 Å². The number of piperidine rings is 1. The SMILES string of the molecule is Cc1noc(C)c1S(=O)(=O)N1CCCC(C(=O)NCCN(C)C)C1. The predicted molar refractivity (Wildman–Crippen MR) is 89.0 cm³/mol. The van der Waals surface area contributed by atoms with Gasteiger partial charge in [0.25, 0.3) is 0 Å². The van der Waals surface area contributed by atoms with Gasteiger partial charge in [-0.2, -0.15) is 4.31 Å². The van der Waals surface area contributed by atoms with Crippen molar-refractivity contribution >= 4 is 15.9 Å². The highest BCUT2D eigenvalue weighted by molar-refractivity contribution is 7.89. The number of aryl methyl sites for hydroxylation is 2. The second-order valence-electron chi connectivity index (χ2n) is 6.45. The van der Waals surface area contributed by atoms with E-state index >= 15 is 0 Å². The largest absolute Gasteiger partial charge is 0.360 e. The molecular weight excluding hydrogens is 332 g/mol. The topological polar surface area (TPSA) is 95.8 Å². The Hall–Kier alpha value is -1.45. The number of sulfonamides is 1. The Morgan fingerprint density at radius 1 is 1.42 bits per heavy atom. The van der Waals surface area contributed by atoms with Gasteiger partial charge in [-0.1, -0.05) is 5.16 Å². The van der Waals surface area contributed by atoms with E-state index in [4.69, 9.17) is 4.52 Å². The summed E-state index contributed by atoms with van der Waals surface area (Å²) in [7, 11) is 0.179. The van der Waals surface area contributed by atoms with Crippen molar-refractivity contribution in [3.8, 4) is 0 Å². The molecule has 1 atom stereocenters. The van der Waals surface area contributed by atoms with Crippen LogP contribution in [-0.4, -0.2) is 69.0 Å². The number of likely N-dealkylation sites (N-methyl/N-ethyl adjacent to an activating group) is 1. The lowest BCUT2D eigenvalue weighted by molar-refractivity contribution is -0.126. The molecule has 1 aromatic rings. The minimum Gasteiger partial charge on any atom is -0.360 e. The lowest BCUT2D eigenvalue weighted by atomic mass is 9.99. The van der Waals surface area contributed by atoms with Gasteiger partial charge in [-0.05, 0) is 40.8 Å². The molecule has 1 N–H and O–H groups in total. The first-order valence-electron chi connectivity index (χ1n) is 8.09. The van der Waals surface area contributed by atoms with Gasteiger partial charge >= 0.3 is 0 Å². The molecule has 0 aromatic carbocycles. The molecule has 24 heavy (non-hydrogen) atoms. The summed E-state index contributed by atoms with van der Waals surface area (Å²) in [6, 6.07) is 0. The summed E-state index contributed by atoms with van der Waals surface area (Å²) in [5.74, 6) is -0.128. The second kappa shape index (κ2) is 7.62. The number of carbonyl (C=O) groups excluding carboxylic acids is 1. The van der Waals surface area contributed by atoms with Gasteiger partial charge in [0, 0.05) is 26.2 Å². The number of rotatable bonds is 6. The Bertz CT molecular complexity index is 664. The molecule has 0 saturated carbocycles.